The summed E-state index contributed by atoms with van der Waals surface area (Å²) in [6.07, 6.45) is 7.07. The second kappa shape index (κ2) is 19.9. The number of hydrogen-bond acceptors (Lipinski definition) is 6. The van der Waals surface area contributed by atoms with Crippen molar-refractivity contribution in [2.24, 2.45) is 0 Å². The van der Waals surface area contributed by atoms with E-state index in [1.807, 2.05) is 146 Å². The third kappa shape index (κ3) is 10.6. The summed E-state index contributed by atoms with van der Waals surface area (Å²) in [5.41, 5.74) is 6.60. The van der Waals surface area contributed by atoms with Crippen molar-refractivity contribution < 1.29 is 28.7 Å². The van der Waals surface area contributed by atoms with E-state index in [2.05, 4.69) is 10.6 Å². The summed E-state index contributed by atoms with van der Waals surface area (Å²) in [7, 11) is 0. The molecule has 7 rings (SSSR count). The van der Waals surface area contributed by atoms with Crippen LogP contribution in [0.25, 0.3) is 12.2 Å². The van der Waals surface area contributed by atoms with Gasteiger partial charge in [0.15, 0.2) is 0 Å². The first-order valence-electron chi connectivity index (χ1n) is 18.4. The van der Waals surface area contributed by atoms with Gasteiger partial charge in [0.1, 0.15) is 0 Å². The van der Waals surface area contributed by atoms with Crippen molar-refractivity contribution in [3.8, 4) is 0 Å². The van der Waals surface area contributed by atoms with Crippen LogP contribution in [-0.4, -0.2) is 37.2 Å². The first-order valence-corrected chi connectivity index (χ1v) is 18.4. The van der Waals surface area contributed by atoms with Crippen LogP contribution in [0, 0.1) is 0 Å². The second-order valence-corrected chi connectivity index (χ2v) is 12.6. The van der Waals surface area contributed by atoms with Gasteiger partial charge in [-0.2, -0.15) is 0 Å². The van der Waals surface area contributed by atoms with Gasteiger partial charge in [0.25, 0.3) is 0 Å². The summed E-state index contributed by atoms with van der Waals surface area (Å²) in [6.45, 7) is 7.11. The van der Waals surface area contributed by atoms with Crippen LogP contribution in [0.1, 0.15) is 62.0 Å². The molecule has 0 aromatic heterocycles. The minimum atomic E-state index is -0.394. The lowest BCUT2D eigenvalue weighted by Gasteiger charge is -2.33. The summed E-state index contributed by atoms with van der Waals surface area (Å²) >= 11 is 0. The van der Waals surface area contributed by atoms with E-state index in [-0.39, 0.29) is 23.9 Å². The Kier molecular flexibility index (Phi) is 14.3. The van der Waals surface area contributed by atoms with Crippen molar-refractivity contribution in [3.05, 3.63) is 168 Å². The fourth-order valence-electron chi connectivity index (χ4n) is 6.25. The largest absolute Gasteiger partial charge is 0.449 e. The molecule has 5 aromatic rings. The smallest absolute Gasteiger partial charge is 0.415 e. The number of hydrogen-bond donors (Lipinski definition) is 2. The van der Waals surface area contributed by atoms with E-state index in [0.717, 1.165) is 33.6 Å². The topological polar surface area (TPSA) is 117 Å². The summed E-state index contributed by atoms with van der Waals surface area (Å²) in [5, 5.41) is 5.52. The highest BCUT2D eigenvalue weighted by atomic mass is 16.6. The van der Waals surface area contributed by atoms with Crippen LogP contribution >= 0.6 is 0 Å². The molecule has 0 radical (unpaired) electrons. The van der Waals surface area contributed by atoms with Gasteiger partial charge in [0.05, 0.1) is 36.7 Å². The highest BCUT2D eigenvalue weighted by Crippen LogP contribution is 2.39. The van der Waals surface area contributed by atoms with Crippen LogP contribution in [0.3, 0.4) is 0 Å². The molecule has 0 fully saturated rings. The molecule has 4 amide bonds. The summed E-state index contributed by atoms with van der Waals surface area (Å²) in [6, 6.07) is 42.1. The Balaban J connectivity index is 0.000000186. The Bertz CT molecular complexity index is 1990. The summed E-state index contributed by atoms with van der Waals surface area (Å²) < 4.78 is 10.5. The van der Waals surface area contributed by atoms with Gasteiger partial charge in [-0.1, -0.05) is 121 Å². The molecule has 10 heteroatoms. The number of benzene rings is 5. The molecule has 0 saturated carbocycles. The van der Waals surface area contributed by atoms with Crippen molar-refractivity contribution in [1.29, 1.82) is 0 Å². The van der Waals surface area contributed by atoms with Gasteiger partial charge in [-0.05, 0) is 61.4 Å². The zero-order valence-corrected chi connectivity index (χ0v) is 31.9. The van der Waals surface area contributed by atoms with Gasteiger partial charge < -0.3 is 20.1 Å². The van der Waals surface area contributed by atoms with Crippen molar-refractivity contribution >= 4 is 58.9 Å². The van der Waals surface area contributed by atoms with Crippen LogP contribution in [0.5, 0.6) is 0 Å². The van der Waals surface area contributed by atoms with E-state index in [4.69, 9.17) is 9.47 Å². The standard InChI is InChI=1S/2C20H20N2O3.C6H6/c2*1-3-25-20(24)22-18(15-7-5-4-6-8-15)11-9-16-13-17(21-14(2)23)10-12-19(16)22;1-2-4-6-5-3-1/h2*4-13,18H,3H2,1-2H3,(H,21,23);1-6H/t2*18-;/m10./s1. The summed E-state index contributed by atoms with van der Waals surface area (Å²) in [5.74, 6) is -0.270. The molecule has 2 atom stereocenters. The lowest BCUT2D eigenvalue weighted by Crippen LogP contribution is -2.36. The van der Waals surface area contributed by atoms with Crippen molar-refractivity contribution in [2.75, 3.05) is 33.6 Å². The Morgan fingerprint density at radius 1 is 0.518 bits per heavy atom. The fraction of sp³-hybridized carbons (Fsp3) is 0.174. The maximum atomic E-state index is 12.6. The van der Waals surface area contributed by atoms with E-state index >= 15 is 0 Å². The molecular formula is C46H46N4O6. The number of nitrogens with one attached hydrogen (secondary N) is 2. The number of amides is 4. The molecule has 2 aliphatic rings. The van der Waals surface area contributed by atoms with Gasteiger partial charge in [-0.25, -0.2) is 9.59 Å². The second-order valence-electron chi connectivity index (χ2n) is 12.6. The van der Waals surface area contributed by atoms with Crippen LogP contribution in [0.15, 0.2) is 146 Å². The predicted octanol–water partition coefficient (Wildman–Crippen LogP) is 10.4. The Morgan fingerprint density at radius 2 is 0.857 bits per heavy atom. The van der Waals surface area contributed by atoms with Gasteiger partial charge in [0.2, 0.25) is 11.8 Å². The molecule has 0 spiro atoms. The Morgan fingerprint density at radius 3 is 1.18 bits per heavy atom. The third-order valence-electron chi connectivity index (χ3n) is 8.57. The van der Waals surface area contributed by atoms with Crippen molar-refractivity contribution in [2.45, 2.75) is 39.8 Å². The van der Waals surface area contributed by atoms with Gasteiger partial charge >= 0.3 is 12.2 Å². The molecule has 286 valence electrons. The number of nitrogens with zero attached hydrogens (tertiary/aromatic N) is 2. The Hall–Kier alpha value is -6.94. The molecule has 10 nitrogen and oxygen atoms in total. The average molecular weight is 751 g/mol. The van der Waals surface area contributed by atoms with Gasteiger partial charge in [0, 0.05) is 36.3 Å². The number of rotatable bonds is 6. The van der Waals surface area contributed by atoms with Gasteiger partial charge in [-0.3, -0.25) is 19.4 Å². The van der Waals surface area contributed by atoms with E-state index in [1.54, 1.807) is 35.8 Å². The molecular weight excluding hydrogens is 705 g/mol. The molecule has 2 N–H and O–H groups in total. The van der Waals surface area contributed by atoms with E-state index in [1.165, 1.54) is 13.8 Å². The lowest BCUT2D eigenvalue weighted by atomic mass is 9.97. The molecule has 56 heavy (non-hydrogen) atoms. The lowest BCUT2D eigenvalue weighted by molar-refractivity contribution is -0.115. The number of carbonyl (C=O) groups is 4. The van der Waals surface area contributed by atoms with Crippen molar-refractivity contribution in [3.63, 3.8) is 0 Å². The van der Waals surface area contributed by atoms with Crippen LogP contribution in [-0.2, 0) is 19.1 Å². The number of ether oxygens (including phenoxy) is 2. The number of anilines is 4. The molecule has 0 saturated heterocycles. The van der Waals surface area contributed by atoms with Crippen molar-refractivity contribution in [1.82, 2.24) is 0 Å². The highest BCUT2D eigenvalue weighted by Gasteiger charge is 2.32. The fourth-order valence-corrected chi connectivity index (χ4v) is 6.25. The van der Waals surface area contributed by atoms with E-state index < -0.39 is 12.2 Å². The minimum absolute atomic E-state index is 0.135. The zero-order valence-electron chi connectivity index (χ0n) is 31.9. The maximum Gasteiger partial charge on any atom is 0.415 e. The normalized spacial score (nSPS) is 14.6. The predicted molar refractivity (Wildman–Crippen MR) is 223 cm³/mol. The minimum Gasteiger partial charge on any atom is -0.449 e. The zero-order chi connectivity index (χ0) is 39.9. The quantitative estimate of drug-likeness (QED) is 0.178. The molecule has 0 aliphatic carbocycles. The van der Waals surface area contributed by atoms with Crippen LogP contribution in [0.4, 0.5) is 32.3 Å². The average Bonchev–Trinajstić information content (AvgIpc) is 3.21. The van der Waals surface area contributed by atoms with E-state index in [9.17, 15) is 19.2 Å². The molecule has 2 heterocycles. The SMILES string of the molecule is CCOC(=O)N1c2ccc(NC(C)=O)cc2C=C[C@@H]1c1ccccc1.CCOC(=O)N1c2ccc(NC(C)=O)cc2C=C[C@H]1c1ccccc1.c1ccccc1. The monoisotopic (exact) mass is 750 g/mol. The number of carbonyl (C=O) groups excluding carboxylic acids is 4. The molecule has 2 aliphatic heterocycles. The molecule has 0 unspecified atom stereocenters. The van der Waals surface area contributed by atoms with Crippen LogP contribution < -0.4 is 20.4 Å². The Labute approximate surface area is 328 Å². The van der Waals surface area contributed by atoms with Crippen LogP contribution in [0.2, 0.25) is 0 Å². The number of fused-ring (bicyclic) bond motifs is 2. The first-order chi connectivity index (χ1) is 27.2. The van der Waals surface area contributed by atoms with E-state index in [0.29, 0.717) is 24.6 Å². The molecule has 5 aromatic carbocycles. The first kappa shape index (κ1) is 40.2. The summed E-state index contributed by atoms with van der Waals surface area (Å²) in [4.78, 5) is 51.0. The van der Waals surface area contributed by atoms with Gasteiger partial charge in [-0.15, -0.1) is 0 Å². The highest BCUT2D eigenvalue weighted by molar-refractivity contribution is 5.97. The molecule has 0 bridgehead atoms. The third-order valence-corrected chi connectivity index (χ3v) is 8.57. The maximum absolute atomic E-state index is 12.6.